The Labute approximate surface area is 155 Å². The first-order chi connectivity index (χ1) is 12.6. The summed E-state index contributed by atoms with van der Waals surface area (Å²) in [6.07, 6.45) is 0. The first-order valence-corrected chi connectivity index (χ1v) is 8.82. The molecule has 1 aromatic heterocycles. The van der Waals surface area contributed by atoms with E-state index in [2.05, 4.69) is 73.5 Å². The minimum atomic E-state index is 1.01. The molecule has 0 saturated carbocycles. The van der Waals surface area contributed by atoms with Gasteiger partial charge in [0.25, 0.3) is 0 Å². The van der Waals surface area contributed by atoms with Gasteiger partial charge in [0.15, 0.2) is 0 Å². The summed E-state index contributed by atoms with van der Waals surface area (Å²) in [7, 11) is 1.98. The highest BCUT2D eigenvalue weighted by molar-refractivity contribution is 5.68. The van der Waals surface area contributed by atoms with Crippen molar-refractivity contribution >= 4 is 0 Å². The maximum atomic E-state index is 4.57. The third kappa shape index (κ3) is 4.28. The molecule has 0 fully saturated rings. The van der Waals surface area contributed by atoms with Gasteiger partial charge in [-0.1, -0.05) is 84.9 Å². The van der Waals surface area contributed by atoms with Gasteiger partial charge >= 0.3 is 0 Å². The zero-order valence-corrected chi connectivity index (χ0v) is 15.6. The van der Waals surface area contributed by atoms with Gasteiger partial charge in [0.2, 0.25) is 0 Å². The quantitative estimate of drug-likeness (QED) is 0.434. The Morgan fingerprint density at radius 3 is 1.58 bits per heavy atom. The van der Waals surface area contributed by atoms with Crippen LogP contribution in [-0.4, -0.2) is 9.78 Å². The number of hydrogen-bond donors (Lipinski definition) is 0. The zero-order chi connectivity index (χ0) is 18.4. The van der Waals surface area contributed by atoms with E-state index in [1.807, 2.05) is 48.1 Å². The molecule has 0 aliphatic carbocycles. The molecule has 26 heavy (non-hydrogen) atoms. The first kappa shape index (κ1) is 17.7. The van der Waals surface area contributed by atoms with Crippen LogP contribution in [0.5, 0.6) is 0 Å². The second kappa shape index (κ2) is 8.30. The van der Waals surface area contributed by atoms with Crippen LogP contribution < -0.4 is 0 Å². The van der Waals surface area contributed by atoms with Crippen LogP contribution in [0.2, 0.25) is 0 Å². The Balaban J connectivity index is 0.000000206. The third-order valence-corrected chi connectivity index (χ3v) is 4.44. The first-order valence-electron chi connectivity index (χ1n) is 8.82. The minimum absolute atomic E-state index is 1.01. The van der Waals surface area contributed by atoms with Gasteiger partial charge in [0.1, 0.15) is 0 Å². The van der Waals surface area contributed by atoms with Crippen LogP contribution in [0, 0.1) is 13.8 Å². The van der Waals surface area contributed by atoms with Crippen molar-refractivity contribution in [3.05, 3.63) is 102 Å². The van der Waals surface area contributed by atoms with Crippen LogP contribution in [0.1, 0.15) is 11.1 Å². The molecular formula is C24H24N2. The lowest BCUT2D eigenvalue weighted by Crippen LogP contribution is -1.93. The average molecular weight is 340 g/mol. The Kier molecular flexibility index (Phi) is 5.65. The Morgan fingerprint density at radius 2 is 1.08 bits per heavy atom. The minimum Gasteiger partial charge on any atom is -0.267 e. The molecule has 130 valence electrons. The largest absolute Gasteiger partial charge is 0.267 e. The summed E-state index contributed by atoms with van der Waals surface area (Å²) in [5, 5.41) is 4.57. The maximum Gasteiger partial charge on any atom is 0.0929 e. The number of nitrogens with zero attached hydrogens (tertiary/aromatic N) is 2. The van der Waals surface area contributed by atoms with E-state index in [0.29, 0.717) is 0 Å². The van der Waals surface area contributed by atoms with Gasteiger partial charge in [-0.05, 0) is 36.6 Å². The second-order valence-electron chi connectivity index (χ2n) is 6.35. The van der Waals surface area contributed by atoms with Crippen molar-refractivity contribution in [2.24, 2.45) is 7.05 Å². The van der Waals surface area contributed by atoms with Gasteiger partial charge in [-0.25, -0.2) is 0 Å². The van der Waals surface area contributed by atoms with Crippen LogP contribution in [-0.2, 0) is 7.05 Å². The van der Waals surface area contributed by atoms with E-state index in [-0.39, 0.29) is 0 Å². The van der Waals surface area contributed by atoms with E-state index in [1.165, 1.54) is 16.7 Å². The molecule has 1 heterocycles. The molecule has 0 amide bonds. The summed E-state index contributed by atoms with van der Waals surface area (Å²) >= 11 is 0. The van der Waals surface area contributed by atoms with Crippen LogP contribution in [0.4, 0.5) is 0 Å². The highest BCUT2D eigenvalue weighted by atomic mass is 15.3. The van der Waals surface area contributed by atoms with E-state index in [1.54, 1.807) is 0 Å². The van der Waals surface area contributed by atoms with Crippen molar-refractivity contribution in [1.82, 2.24) is 9.78 Å². The summed E-state index contributed by atoms with van der Waals surface area (Å²) in [6.45, 7) is 4.24. The van der Waals surface area contributed by atoms with Crippen molar-refractivity contribution in [2.75, 3.05) is 0 Å². The fourth-order valence-electron chi connectivity index (χ4n) is 2.76. The molecule has 0 unspecified atom stereocenters. The van der Waals surface area contributed by atoms with E-state index in [0.717, 1.165) is 17.0 Å². The summed E-state index contributed by atoms with van der Waals surface area (Å²) < 4.78 is 1.93. The topological polar surface area (TPSA) is 17.8 Å². The Bertz CT molecular complexity index is 933. The number of rotatable bonds is 2. The maximum absolute atomic E-state index is 4.57. The van der Waals surface area contributed by atoms with Gasteiger partial charge in [-0.3, -0.25) is 4.68 Å². The molecule has 4 aromatic rings. The summed E-state index contributed by atoms with van der Waals surface area (Å²) in [4.78, 5) is 0. The van der Waals surface area contributed by atoms with Crippen LogP contribution in [0.25, 0.3) is 22.5 Å². The fraction of sp³-hybridized carbons (Fsp3) is 0.125. The molecule has 0 saturated heterocycles. The summed E-state index contributed by atoms with van der Waals surface area (Å²) in [6, 6.07) is 31.1. The smallest absolute Gasteiger partial charge is 0.0929 e. The molecule has 0 atom stereocenters. The SMILES string of the molecule is Cc1ccccc1C.Cn1nc(-c2ccccc2)cc1-c1ccccc1. The standard InChI is InChI=1S/C16H14N2.C8H10/c1-18-16(14-10-6-3-7-11-14)12-15(17-18)13-8-4-2-5-9-13;1-7-5-3-4-6-8(7)2/h2-12H,1H3;3-6H,1-2H3. The second-order valence-corrected chi connectivity index (χ2v) is 6.35. The average Bonchev–Trinajstić information content (AvgIpc) is 3.08. The predicted molar refractivity (Wildman–Crippen MR) is 110 cm³/mol. The van der Waals surface area contributed by atoms with Crippen molar-refractivity contribution in [1.29, 1.82) is 0 Å². The molecule has 0 aliphatic heterocycles. The lowest BCUT2D eigenvalue weighted by atomic mass is 10.1. The van der Waals surface area contributed by atoms with Gasteiger partial charge in [0, 0.05) is 12.6 Å². The summed E-state index contributed by atoms with van der Waals surface area (Å²) in [5.41, 5.74) is 7.22. The highest BCUT2D eigenvalue weighted by Gasteiger charge is 2.08. The lowest BCUT2D eigenvalue weighted by Gasteiger charge is -1.99. The monoisotopic (exact) mass is 340 g/mol. The van der Waals surface area contributed by atoms with Crippen molar-refractivity contribution in [3.8, 4) is 22.5 Å². The molecule has 2 nitrogen and oxygen atoms in total. The van der Waals surface area contributed by atoms with Crippen molar-refractivity contribution in [2.45, 2.75) is 13.8 Å². The normalized spacial score (nSPS) is 10.1. The fourth-order valence-corrected chi connectivity index (χ4v) is 2.76. The predicted octanol–water partition coefficient (Wildman–Crippen LogP) is 6.06. The van der Waals surface area contributed by atoms with E-state index < -0.39 is 0 Å². The van der Waals surface area contributed by atoms with E-state index >= 15 is 0 Å². The van der Waals surface area contributed by atoms with Gasteiger partial charge in [-0.2, -0.15) is 5.10 Å². The van der Waals surface area contributed by atoms with Crippen LogP contribution >= 0.6 is 0 Å². The van der Waals surface area contributed by atoms with Gasteiger partial charge < -0.3 is 0 Å². The van der Waals surface area contributed by atoms with Gasteiger partial charge in [0.05, 0.1) is 11.4 Å². The third-order valence-electron chi connectivity index (χ3n) is 4.44. The zero-order valence-electron chi connectivity index (χ0n) is 15.6. The molecule has 4 rings (SSSR count). The molecular weight excluding hydrogens is 316 g/mol. The number of aromatic nitrogens is 2. The van der Waals surface area contributed by atoms with E-state index in [9.17, 15) is 0 Å². The molecule has 0 radical (unpaired) electrons. The van der Waals surface area contributed by atoms with Crippen molar-refractivity contribution < 1.29 is 0 Å². The number of benzene rings is 3. The molecule has 0 aliphatic rings. The number of aryl methyl sites for hydroxylation is 3. The molecule has 0 bridgehead atoms. The molecule has 0 N–H and O–H groups in total. The summed E-state index contributed by atoms with van der Waals surface area (Å²) in [5.74, 6) is 0. The highest BCUT2D eigenvalue weighted by Crippen LogP contribution is 2.25. The lowest BCUT2D eigenvalue weighted by molar-refractivity contribution is 0.779. The van der Waals surface area contributed by atoms with Crippen LogP contribution in [0.3, 0.4) is 0 Å². The van der Waals surface area contributed by atoms with E-state index in [4.69, 9.17) is 0 Å². The number of hydrogen-bond acceptors (Lipinski definition) is 1. The van der Waals surface area contributed by atoms with Crippen molar-refractivity contribution in [3.63, 3.8) is 0 Å². The molecule has 2 heteroatoms. The molecule has 0 spiro atoms. The molecule has 3 aromatic carbocycles. The Hall–Kier alpha value is -3.13. The van der Waals surface area contributed by atoms with Crippen LogP contribution in [0.15, 0.2) is 91.0 Å². The Morgan fingerprint density at radius 1 is 0.615 bits per heavy atom. The van der Waals surface area contributed by atoms with Gasteiger partial charge in [-0.15, -0.1) is 0 Å².